The normalized spacial score (nSPS) is 20.1. The molecule has 0 N–H and O–H groups in total. The van der Waals surface area contributed by atoms with Gasteiger partial charge in [0.05, 0.1) is 6.42 Å². The summed E-state index contributed by atoms with van der Waals surface area (Å²) in [7, 11) is 0. The fraction of sp³-hybridized carbons (Fsp3) is 0.538. The molecule has 0 aliphatic carbocycles. The number of carbonyl (C=O) groups excluding carboxylic acids is 2. The van der Waals surface area contributed by atoms with E-state index in [1.165, 1.54) is 12.8 Å². The maximum absolute atomic E-state index is 12.2. The zero-order valence-corrected chi connectivity index (χ0v) is 18.3. The summed E-state index contributed by atoms with van der Waals surface area (Å²) in [5, 5.41) is 0. The summed E-state index contributed by atoms with van der Waals surface area (Å²) in [6.45, 7) is 5.95. The van der Waals surface area contributed by atoms with E-state index in [4.69, 9.17) is 4.74 Å². The molecule has 0 saturated carbocycles. The number of allylic oxidation sites excluding steroid dienone is 2. The van der Waals surface area contributed by atoms with E-state index in [9.17, 15) is 9.59 Å². The van der Waals surface area contributed by atoms with Crippen molar-refractivity contribution in [2.45, 2.75) is 90.6 Å². The lowest BCUT2D eigenvalue weighted by molar-refractivity contribution is -0.154. The number of Topliss-reactive ketones (excluding diaryl/α,β-unsaturated/α-hetero) is 1. The van der Waals surface area contributed by atoms with E-state index in [1.54, 1.807) is 6.92 Å². The molecule has 2 atom stereocenters. The summed E-state index contributed by atoms with van der Waals surface area (Å²) in [6.07, 6.45) is 14.6. The third kappa shape index (κ3) is 7.64. The second-order valence-electron chi connectivity index (χ2n) is 8.03. The third-order valence-electron chi connectivity index (χ3n) is 5.58. The van der Waals surface area contributed by atoms with Crippen molar-refractivity contribution in [3.63, 3.8) is 0 Å². The van der Waals surface area contributed by atoms with E-state index in [-0.39, 0.29) is 23.8 Å². The maximum Gasteiger partial charge on any atom is 0.306 e. The number of esters is 1. The quantitative estimate of drug-likeness (QED) is 0.179. The molecule has 0 aromatic heterocycles. The van der Waals surface area contributed by atoms with Crippen LogP contribution in [0.4, 0.5) is 0 Å². The van der Waals surface area contributed by atoms with Crippen LogP contribution in [0.25, 0.3) is 6.08 Å². The first kappa shape index (κ1) is 23.1. The highest BCUT2D eigenvalue weighted by Gasteiger charge is 2.30. The molecule has 1 saturated heterocycles. The number of benzene rings is 1. The summed E-state index contributed by atoms with van der Waals surface area (Å²) in [5.74, 6) is 0.153. The van der Waals surface area contributed by atoms with Crippen LogP contribution in [0.5, 0.6) is 0 Å². The molecular formula is C26H36O3. The molecule has 0 radical (unpaired) electrons. The lowest BCUT2D eigenvalue weighted by Gasteiger charge is -2.29. The standard InChI is InChI=1S/C26H36O3/c1-4-6-8-10-13-21(20(3)27)17-22-14-11-12-16-25(22)23-18-24(15-9-7-5-2)29-26(28)19-23/h7,9,11-12,14,16-17,23-24H,4-6,8,10,13,15,18-19H2,1-3H3/b9-7-,21-17+. The van der Waals surface area contributed by atoms with Crippen LogP contribution in [0.1, 0.15) is 95.6 Å². The van der Waals surface area contributed by atoms with Crippen molar-refractivity contribution in [3.05, 3.63) is 53.1 Å². The molecular weight excluding hydrogens is 360 g/mol. The fourth-order valence-corrected chi connectivity index (χ4v) is 3.97. The molecule has 3 nitrogen and oxygen atoms in total. The lowest BCUT2D eigenvalue weighted by Crippen LogP contribution is -2.28. The first-order chi connectivity index (χ1) is 14.0. The zero-order valence-electron chi connectivity index (χ0n) is 18.3. The van der Waals surface area contributed by atoms with E-state index in [1.807, 2.05) is 12.1 Å². The van der Waals surface area contributed by atoms with E-state index in [2.05, 4.69) is 44.2 Å². The molecule has 1 heterocycles. The smallest absolute Gasteiger partial charge is 0.306 e. The number of ketones is 1. The van der Waals surface area contributed by atoms with Crippen LogP contribution in [-0.2, 0) is 14.3 Å². The number of carbonyl (C=O) groups is 2. The van der Waals surface area contributed by atoms with Crippen molar-refractivity contribution >= 4 is 17.8 Å². The van der Waals surface area contributed by atoms with E-state index in [0.717, 1.165) is 55.2 Å². The highest BCUT2D eigenvalue weighted by Crippen LogP contribution is 2.35. The van der Waals surface area contributed by atoms with Gasteiger partial charge in [-0.3, -0.25) is 9.59 Å². The monoisotopic (exact) mass is 396 g/mol. The molecule has 0 amide bonds. The van der Waals surface area contributed by atoms with Crippen LogP contribution in [0.2, 0.25) is 0 Å². The summed E-state index contributed by atoms with van der Waals surface area (Å²) in [6, 6.07) is 8.19. The summed E-state index contributed by atoms with van der Waals surface area (Å²) >= 11 is 0. The van der Waals surface area contributed by atoms with Crippen molar-refractivity contribution in [1.29, 1.82) is 0 Å². The molecule has 1 aliphatic rings. The molecule has 158 valence electrons. The first-order valence-corrected chi connectivity index (χ1v) is 11.2. The van der Waals surface area contributed by atoms with Crippen molar-refractivity contribution in [1.82, 2.24) is 0 Å². The Morgan fingerprint density at radius 2 is 1.93 bits per heavy atom. The van der Waals surface area contributed by atoms with Gasteiger partial charge in [-0.15, -0.1) is 0 Å². The maximum atomic E-state index is 12.2. The number of cyclic esters (lactones) is 1. The Balaban J connectivity index is 2.20. The van der Waals surface area contributed by atoms with Crippen molar-refractivity contribution in [2.24, 2.45) is 0 Å². The van der Waals surface area contributed by atoms with Crippen LogP contribution in [0.3, 0.4) is 0 Å². The third-order valence-corrected chi connectivity index (χ3v) is 5.58. The topological polar surface area (TPSA) is 43.4 Å². The molecule has 1 aromatic carbocycles. The number of hydrogen-bond acceptors (Lipinski definition) is 3. The Morgan fingerprint density at radius 3 is 2.66 bits per heavy atom. The van der Waals surface area contributed by atoms with Crippen molar-refractivity contribution in [2.75, 3.05) is 0 Å². The molecule has 1 aromatic rings. The van der Waals surface area contributed by atoms with E-state index in [0.29, 0.717) is 6.42 Å². The van der Waals surface area contributed by atoms with Gasteiger partial charge < -0.3 is 4.74 Å². The van der Waals surface area contributed by atoms with Gasteiger partial charge in [-0.2, -0.15) is 0 Å². The van der Waals surface area contributed by atoms with Crippen LogP contribution in [-0.4, -0.2) is 17.9 Å². The predicted octanol–water partition coefficient (Wildman–Crippen LogP) is 6.77. The Hall–Kier alpha value is -2.16. The minimum absolute atomic E-state index is 0.0672. The van der Waals surface area contributed by atoms with Gasteiger partial charge in [-0.25, -0.2) is 0 Å². The predicted molar refractivity (Wildman–Crippen MR) is 120 cm³/mol. The number of ether oxygens (including phenoxy) is 1. The van der Waals surface area contributed by atoms with Gasteiger partial charge in [0, 0.05) is 6.42 Å². The van der Waals surface area contributed by atoms with Crippen molar-refractivity contribution in [3.8, 4) is 0 Å². The Kier molecular flexibility index (Phi) is 9.90. The summed E-state index contributed by atoms with van der Waals surface area (Å²) in [4.78, 5) is 24.4. The molecule has 2 rings (SSSR count). The molecule has 1 aliphatic heterocycles. The molecule has 0 bridgehead atoms. The molecule has 1 fully saturated rings. The van der Waals surface area contributed by atoms with E-state index >= 15 is 0 Å². The van der Waals surface area contributed by atoms with Crippen LogP contribution >= 0.6 is 0 Å². The lowest BCUT2D eigenvalue weighted by atomic mass is 9.84. The van der Waals surface area contributed by atoms with Gasteiger partial charge in [0.15, 0.2) is 5.78 Å². The van der Waals surface area contributed by atoms with Gasteiger partial charge in [-0.05, 0) is 61.3 Å². The molecule has 2 unspecified atom stereocenters. The Bertz CT molecular complexity index is 729. The average Bonchev–Trinajstić information content (AvgIpc) is 2.70. The Labute approximate surface area is 176 Å². The van der Waals surface area contributed by atoms with Gasteiger partial charge in [-0.1, -0.05) is 69.5 Å². The second-order valence-corrected chi connectivity index (χ2v) is 8.03. The number of hydrogen-bond donors (Lipinski definition) is 0. The van der Waals surface area contributed by atoms with Crippen LogP contribution in [0.15, 0.2) is 42.0 Å². The number of unbranched alkanes of at least 4 members (excludes halogenated alkanes) is 3. The average molecular weight is 397 g/mol. The molecule has 29 heavy (non-hydrogen) atoms. The highest BCUT2D eigenvalue weighted by molar-refractivity contribution is 5.97. The molecule has 3 heteroatoms. The number of rotatable bonds is 11. The SMILES string of the molecule is CC/C=C\CC1CC(c2ccccc2/C=C(\CCCCCC)C(C)=O)CC(=O)O1. The largest absolute Gasteiger partial charge is 0.462 e. The summed E-state index contributed by atoms with van der Waals surface area (Å²) < 4.78 is 5.56. The van der Waals surface area contributed by atoms with E-state index < -0.39 is 0 Å². The zero-order chi connectivity index (χ0) is 21.1. The second kappa shape index (κ2) is 12.4. The Morgan fingerprint density at radius 1 is 1.14 bits per heavy atom. The summed E-state index contributed by atoms with van der Waals surface area (Å²) in [5.41, 5.74) is 3.10. The van der Waals surface area contributed by atoms with Crippen LogP contribution < -0.4 is 0 Å². The highest BCUT2D eigenvalue weighted by atomic mass is 16.5. The van der Waals surface area contributed by atoms with Gasteiger partial charge in [0.25, 0.3) is 0 Å². The molecule has 0 spiro atoms. The first-order valence-electron chi connectivity index (χ1n) is 11.2. The minimum Gasteiger partial charge on any atom is -0.462 e. The fourth-order valence-electron chi connectivity index (χ4n) is 3.97. The van der Waals surface area contributed by atoms with Gasteiger partial charge >= 0.3 is 5.97 Å². The minimum atomic E-state index is -0.124. The van der Waals surface area contributed by atoms with Crippen molar-refractivity contribution < 1.29 is 14.3 Å². The van der Waals surface area contributed by atoms with Crippen LogP contribution in [0, 0.1) is 0 Å². The van der Waals surface area contributed by atoms with Gasteiger partial charge in [0.2, 0.25) is 0 Å². The van der Waals surface area contributed by atoms with Gasteiger partial charge in [0.1, 0.15) is 6.10 Å².